The summed E-state index contributed by atoms with van der Waals surface area (Å²) in [7, 11) is 0. The highest BCUT2D eigenvalue weighted by Gasteiger charge is 2.20. The third-order valence-corrected chi connectivity index (χ3v) is 3.93. The maximum absolute atomic E-state index is 12.0. The Hall–Kier alpha value is -2.56. The summed E-state index contributed by atoms with van der Waals surface area (Å²) in [4.78, 5) is 25.5. The third-order valence-electron chi connectivity index (χ3n) is 3.93. The second-order valence-corrected chi connectivity index (χ2v) is 5.75. The molecule has 1 N–H and O–H groups in total. The van der Waals surface area contributed by atoms with Crippen molar-refractivity contribution in [2.45, 2.75) is 32.2 Å². The smallest absolute Gasteiger partial charge is 0.224 e. The fourth-order valence-electron chi connectivity index (χ4n) is 2.75. The van der Waals surface area contributed by atoms with E-state index in [0.717, 1.165) is 30.0 Å². The molecule has 23 heavy (non-hydrogen) atoms. The molecule has 1 saturated heterocycles. The third kappa shape index (κ3) is 4.22. The van der Waals surface area contributed by atoms with Crippen LogP contribution in [-0.2, 0) is 22.6 Å². The van der Waals surface area contributed by atoms with E-state index in [2.05, 4.69) is 5.32 Å². The van der Waals surface area contributed by atoms with E-state index < -0.39 is 0 Å². The van der Waals surface area contributed by atoms with Gasteiger partial charge in [0.05, 0.1) is 6.26 Å². The van der Waals surface area contributed by atoms with Crippen LogP contribution in [0.2, 0.25) is 0 Å². The Balaban J connectivity index is 1.54. The molecule has 5 nitrogen and oxygen atoms in total. The molecule has 0 saturated carbocycles. The molecule has 5 heteroatoms. The normalized spacial score (nSPS) is 14.3. The van der Waals surface area contributed by atoms with Gasteiger partial charge in [0.25, 0.3) is 0 Å². The standard InChI is InChI=1S/C18H20N2O3/c21-17(9-8-16-6-3-11-23-16)19-15-5-1-4-14(12-15)13-20-10-2-7-18(20)22/h1,3-6,11-12H,2,7-10,13H2,(H,19,21). The van der Waals surface area contributed by atoms with Crippen LogP contribution < -0.4 is 5.32 Å². The van der Waals surface area contributed by atoms with Gasteiger partial charge in [-0.15, -0.1) is 0 Å². The predicted molar refractivity (Wildman–Crippen MR) is 86.8 cm³/mol. The van der Waals surface area contributed by atoms with Gasteiger partial charge in [0.15, 0.2) is 0 Å². The number of furan rings is 1. The molecule has 1 aromatic heterocycles. The Kier molecular flexibility index (Phi) is 4.76. The Labute approximate surface area is 135 Å². The van der Waals surface area contributed by atoms with Crippen LogP contribution in [-0.4, -0.2) is 23.3 Å². The number of nitrogens with one attached hydrogen (secondary N) is 1. The molecule has 2 heterocycles. The van der Waals surface area contributed by atoms with Crippen LogP contribution in [0.25, 0.3) is 0 Å². The van der Waals surface area contributed by atoms with Crippen LogP contribution in [0, 0.1) is 0 Å². The van der Waals surface area contributed by atoms with E-state index >= 15 is 0 Å². The van der Waals surface area contributed by atoms with Crippen molar-refractivity contribution in [2.24, 2.45) is 0 Å². The lowest BCUT2D eigenvalue weighted by atomic mass is 10.1. The Bertz CT molecular complexity index is 679. The fourth-order valence-corrected chi connectivity index (χ4v) is 2.75. The van der Waals surface area contributed by atoms with Crippen LogP contribution in [0.15, 0.2) is 47.1 Å². The van der Waals surface area contributed by atoms with E-state index in [1.54, 1.807) is 6.26 Å². The molecule has 1 aliphatic rings. The van der Waals surface area contributed by atoms with Gasteiger partial charge in [0.2, 0.25) is 11.8 Å². The van der Waals surface area contributed by atoms with Gasteiger partial charge in [-0.05, 0) is 36.2 Å². The first-order valence-corrected chi connectivity index (χ1v) is 7.90. The molecule has 0 bridgehead atoms. The van der Waals surface area contributed by atoms with Crippen molar-refractivity contribution in [1.82, 2.24) is 4.90 Å². The Morgan fingerprint density at radius 3 is 2.91 bits per heavy atom. The molecule has 0 radical (unpaired) electrons. The summed E-state index contributed by atoms with van der Waals surface area (Å²) < 4.78 is 5.22. The number of hydrogen-bond donors (Lipinski definition) is 1. The van der Waals surface area contributed by atoms with Crippen molar-refractivity contribution in [3.63, 3.8) is 0 Å². The van der Waals surface area contributed by atoms with Crippen LogP contribution >= 0.6 is 0 Å². The number of amides is 2. The van der Waals surface area contributed by atoms with Crippen molar-refractivity contribution in [1.29, 1.82) is 0 Å². The molecule has 3 rings (SSSR count). The van der Waals surface area contributed by atoms with Crippen molar-refractivity contribution in [3.8, 4) is 0 Å². The summed E-state index contributed by atoms with van der Waals surface area (Å²) in [6, 6.07) is 11.3. The number of carbonyl (C=O) groups is 2. The maximum atomic E-state index is 12.0. The molecule has 1 aliphatic heterocycles. The summed E-state index contributed by atoms with van der Waals surface area (Å²) in [5.74, 6) is 0.968. The lowest BCUT2D eigenvalue weighted by Gasteiger charge is -2.16. The fraction of sp³-hybridized carbons (Fsp3) is 0.333. The Morgan fingerprint density at radius 1 is 1.26 bits per heavy atom. The van der Waals surface area contributed by atoms with Gasteiger partial charge in [-0.3, -0.25) is 9.59 Å². The molecule has 2 aromatic rings. The molecular formula is C18H20N2O3. The quantitative estimate of drug-likeness (QED) is 0.892. The topological polar surface area (TPSA) is 62.6 Å². The molecule has 1 aromatic carbocycles. The van der Waals surface area contributed by atoms with Crippen LogP contribution in [0.1, 0.15) is 30.6 Å². The minimum absolute atomic E-state index is 0.0456. The first kappa shape index (κ1) is 15.3. The zero-order valence-electron chi connectivity index (χ0n) is 13.0. The van der Waals surface area contributed by atoms with Crippen molar-refractivity contribution in [3.05, 3.63) is 54.0 Å². The van der Waals surface area contributed by atoms with E-state index in [1.807, 2.05) is 41.3 Å². The average molecular weight is 312 g/mol. The molecular weight excluding hydrogens is 292 g/mol. The first-order valence-electron chi connectivity index (χ1n) is 7.90. The molecule has 1 fully saturated rings. The zero-order chi connectivity index (χ0) is 16.1. The zero-order valence-corrected chi connectivity index (χ0v) is 13.0. The number of likely N-dealkylation sites (tertiary alicyclic amines) is 1. The van der Waals surface area contributed by atoms with Gasteiger partial charge in [0, 0.05) is 38.0 Å². The summed E-state index contributed by atoms with van der Waals surface area (Å²) in [6.07, 6.45) is 4.14. The van der Waals surface area contributed by atoms with Gasteiger partial charge in [-0.2, -0.15) is 0 Å². The minimum Gasteiger partial charge on any atom is -0.469 e. The van der Waals surface area contributed by atoms with Crippen LogP contribution in [0.3, 0.4) is 0 Å². The summed E-state index contributed by atoms with van der Waals surface area (Å²) >= 11 is 0. The van der Waals surface area contributed by atoms with E-state index in [4.69, 9.17) is 4.42 Å². The van der Waals surface area contributed by atoms with Crippen LogP contribution in [0.5, 0.6) is 0 Å². The molecule has 120 valence electrons. The van der Waals surface area contributed by atoms with Crippen molar-refractivity contribution < 1.29 is 14.0 Å². The molecule has 2 amide bonds. The number of hydrogen-bond acceptors (Lipinski definition) is 3. The largest absolute Gasteiger partial charge is 0.469 e. The van der Waals surface area contributed by atoms with Gasteiger partial charge in [0.1, 0.15) is 5.76 Å². The number of rotatable bonds is 6. The monoisotopic (exact) mass is 312 g/mol. The highest BCUT2D eigenvalue weighted by Crippen LogP contribution is 2.17. The van der Waals surface area contributed by atoms with Crippen LogP contribution in [0.4, 0.5) is 5.69 Å². The van der Waals surface area contributed by atoms with Gasteiger partial charge in [-0.1, -0.05) is 12.1 Å². The van der Waals surface area contributed by atoms with E-state index in [0.29, 0.717) is 25.8 Å². The molecule has 0 spiro atoms. The first-order chi connectivity index (χ1) is 11.2. The second-order valence-electron chi connectivity index (χ2n) is 5.75. The maximum Gasteiger partial charge on any atom is 0.224 e. The van der Waals surface area contributed by atoms with Gasteiger partial charge in [-0.25, -0.2) is 0 Å². The second kappa shape index (κ2) is 7.13. The summed E-state index contributed by atoms with van der Waals surface area (Å²) in [5.41, 5.74) is 1.79. The van der Waals surface area contributed by atoms with E-state index in [-0.39, 0.29) is 11.8 Å². The summed E-state index contributed by atoms with van der Waals surface area (Å²) in [5, 5.41) is 2.90. The highest BCUT2D eigenvalue weighted by molar-refractivity contribution is 5.90. The van der Waals surface area contributed by atoms with Gasteiger partial charge < -0.3 is 14.6 Å². The SMILES string of the molecule is O=C(CCc1ccco1)Nc1cccc(CN2CCCC2=O)c1. The number of carbonyl (C=O) groups excluding carboxylic acids is 2. The van der Waals surface area contributed by atoms with E-state index in [9.17, 15) is 9.59 Å². The average Bonchev–Trinajstić information content (AvgIpc) is 3.18. The van der Waals surface area contributed by atoms with Crippen molar-refractivity contribution >= 4 is 17.5 Å². The molecule has 0 aliphatic carbocycles. The van der Waals surface area contributed by atoms with E-state index in [1.165, 1.54) is 0 Å². The number of benzene rings is 1. The number of aryl methyl sites for hydroxylation is 1. The minimum atomic E-state index is -0.0456. The predicted octanol–water partition coefficient (Wildman–Crippen LogP) is 2.97. The highest BCUT2D eigenvalue weighted by atomic mass is 16.3. The van der Waals surface area contributed by atoms with Crippen molar-refractivity contribution in [2.75, 3.05) is 11.9 Å². The van der Waals surface area contributed by atoms with Gasteiger partial charge >= 0.3 is 0 Å². The number of nitrogens with zero attached hydrogens (tertiary/aromatic N) is 1. The molecule has 0 unspecified atom stereocenters. The summed E-state index contributed by atoms with van der Waals surface area (Å²) in [6.45, 7) is 1.42. The Morgan fingerprint density at radius 2 is 2.17 bits per heavy atom. The lowest BCUT2D eigenvalue weighted by molar-refractivity contribution is -0.128. The molecule has 0 atom stereocenters. The number of anilines is 1. The lowest BCUT2D eigenvalue weighted by Crippen LogP contribution is -2.23.